The Labute approximate surface area is 136 Å². The highest BCUT2D eigenvalue weighted by Crippen LogP contribution is 2.19. The average molecular weight is 313 g/mol. The third-order valence-corrected chi connectivity index (χ3v) is 3.95. The molecule has 2 atom stereocenters. The molecule has 0 aliphatic carbocycles. The van der Waals surface area contributed by atoms with Gasteiger partial charge in [-0.05, 0) is 26.0 Å². The summed E-state index contributed by atoms with van der Waals surface area (Å²) in [5, 5.41) is 6.84. The molecule has 1 aliphatic heterocycles. The first-order valence-electron chi connectivity index (χ1n) is 8.10. The molecule has 1 saturated heterocycles. The Morgan fingerprint density at radius 2 is 2.22 bits per heavy atom. The topological polar surface area (TPSA) is 72.0 Å². The van der Waals surface area contributed by atoms with E-state index in [-0.39, 0.29) is 6.10 Å². The number of ether oxygens (including phenoxy) is 1. The van der Waals surface area contributed by atoms with Gasteiger partial charge in [0.25, 0.3) is 0 Å². The lowest BCUT2D eigenvalue weighted by Crippen LogP contribution is -2.28. The highest BCUT2D eigenvalue weighted by molar-refractivity contribution is 5.30. The minimum absolute atomic E-state index is 0.245. The van der Waals surface area contributed by atoms with Crippen molar-refractivity contribution in [3.05, 3.63) is 48.3 Å². The molecule has 0 radical (unpaired) electrons. The number of hydrogen-bond acceptors (Lipinski definition) is 6. The van der Waals surface area contributed by atoms with Crippen molar-refractivity contribution in [2.75, 3.05) is 13.1 Å². The number of aromatic nitrogens is 3. The fourth-order valence-corrected chi connectivity index (χ4v) is 2.67. The van der Waals surface area contributed by atoms with Crippen LogP contribution >= 0.6 is 0 Å². The van der Waals surface area contributed by atoms with Gasteiger partial charge in [0.1, 0.15) is 11.9 Å². The summed E-state index contributed by atoms with van der Waals surface area (Å²) in [6, 6.07) is 2.32. The van der Waals surface area contributed by atoms with Crippen LogP contribution in [0.15, 0.2) is 37.1 Å². The van der Waals surface area contributed by atoms with E-state index >= 15 is 0 Å². The first kappa shape index (κ1) is 15.8. The minimum atomic E-state index is 0.245. The van der Waals surface area contributed by atoms with Gasteiger partial charge >= 0.3 is 0 Å². The van der Waals surface area contributed by atoms with Gasteiger partial charge in [0, 0.05) is 55.9 Å². The SMILES string of the molecule is CC(Cc1cnccn1)NCc1ccncc1O[C@H]1CCNC1. The van der Waals surface area contributed by atoms with Crippen molar-refractivity contribution in [3.8, 4) is 5.75 Å². The number of nitrogens with zero attached hydrogens (tertiary/aromatic N) is 3. The average Bonchev–Trinajstić information content (AvgIpc) is 3.08. The second-order valence-corrected chi connectivity index (χ2v) is 5.90. The van der Waals surface area contributed by atoms with Gasteiger partial charge in [-0.1, -0.05) is 0 Å². The van der Waals surface area contributed by atoms with E-state index in [1.165, 1.54) is 0 Å². The van der Waals surface area contributed by atoms with Gasteiger partial charge in [0.2, 0.25) is 0 Å². The molecule has 23 heavy (non-hydrogen) atoms. The van der Waals surface area contributed by atoms with Crippen LogP contribution in [0.4, 0.5) is 0 Å². The van der Waals surface area contributed by atoms with Crippen molar-refractivity contribution in [1.29, 1.82) is 0 Å². The Morgan fingerprint density at radius 3 is 3.00 bits per heavy atom. The van der Waals surface area contributed by atoms with Crippen molar-refractivity contribution < 1.29 is 4.74 Å². The largest absolute Gasteiger partial charge is 0.487 e. The smallest absolute Gasteiger partial charge is 0.142 e. The summed E-state index contributed by atoms with van der Waals surface area (Å²) >= 11 is 0. The van der Waals surface area contributed by atoms with Crippen LogP contribution in [0.3, 0.4) is 0 Å². The number of pyridine rings is 1. The lowest BCUT2D eigenvalue weighted by Gasteiger charge is -2.18. The van der Waals surface area contributed by atoms with Crippen molar-refractivity contribution >= 4 is 0 Å². The molecule has 6 nitrogen and oxygen atoms in total. The van der Waals surface area contributed by atoms with Gasteiger partial charge in [0.15, 0.2) is 0 Å². The lowest BCUT2D eigenvalue weighted by atomic mass is 10.1. The van der Waals surface area contributed by atoms with E-state index in [1.54, 1.807) is 12.4 Å². The van der Waals surface area contributed by atoms with Crippen LogP contribution in [0.2, 0.25) is 0 Å². The van der Waals surface area contributed by atoms with E-state index in [0.29, 0.717) is 6.04 Å². The summed E-state index contributed by atoms with van der Waals surface area (Å²) < 4.78 is 6.07. The Balaban J connectivity index is 1.55. The zero-order chi connectivity index (χ0) is 15.9. The predicted octanol–water partition coefficient (Wildman–Crippen LogP) is 1.33. The highest BCUT2D eigenvalue weighted by Gasteiger charge is 2.17. The third kappa shape index (κ3) is 4.71. The maximum atomic E-state index is 6.07. The molecule has 1 fully saturated rings. The summed E-state index contributed by atoms with van der Waals surface area (Å²) in [4.78, 5) is 12.6. The van der Waals surface area contributed by atoms with Crippen LogP contribution in [-0.4, -0.2) is 40.2 Å². The molecule has 1 aliphatic rings. The van der Waals surface area contributed by atoms with Crippen LogP contribution in [-0.2, 0) is 13.0 Å². The van der Waals surface area contributed by atoms with E-state index in [4.69, 9.17) is 4.74 Å². The summed E-state index contributed by atoms with van der Waals surface area (Å²) in [6.45, 7) is 4.83. The normalized spacial score (nSPS) is 18.7. The Morgan fingerprint density at radius 1 is 1.30 bits per heavy atom. The maximum absolute atomic E-state index is 6.07. The van der Waals surface area contributed by atoms with E-state index in [0.717, 1.165) is 49.5 Å². The molecule has 2 aromatic rings. The Hall–Kier alpha value is -2.05. The molecule has 0 saturated carbocycles. The maximum Gasteiger partial charge on any atom is 0.142 e. The molecular weight excluding hydrogens is 290 g/mol. The number of hydrogen-bond donors (Lipinski definition) is 2. The molecule has 6 heteroatoms. The van der Waals surface area contributed by atoms with Gasteiger partial charge in [-0.3, -0.25) is 15.0 Å². The first-order chi connectivity index (χ1) is 11.3. The Kier molecular flexibility index (Phi) is 5.50. The van der Waals surface area contributed by atoms with Gasteiger partial charge < -0.3 is 15.4 Å². The van der Waals surface area contributed by atoms with Gasteiger partial charge in [-0.25, -0.2) is 0 Å². The molecule has 0 spiro atoms. The molecule has 3 heterocycles. The van der Waals surface area contributed by atoms with E-state index in [1.807, 2.05) is 24.7 Å². The molecule has 3 rings (SSSR count). The number of rotatable bonds is 7. The second kappa shape index (κ2) is 7.99. The molecule has 0 bridgehead atoms. The van der Waals surface area contributed by atoms with Crippen LogP contribution in [0, 0.1) is 0 Å². The van der Waals surface area contributed by atoms with Crippen LogP contribution in [0.5, 0.6) is 5.75 Å². The zero-order valence-electron chi connectivity index (χ0n) is 13.4. The predicted molar refractivity (Wildman–Crippen MR) is 88.2 cm³/mol. The Bertz CT molecular complexity index is 601. The zero-order valence-corrected chi connectivity index (χ0v) is 13.4. The van der Waals surface area contributed by atoms with E-state index < -0.39 is 0 Å². The summed E-state index contributed by atoms with van der Waals surface area (Å²) in [6.07, 6.45) is 11.0. The number of nitrogens with one attached hydrogen (secondary N) is 2. The fourth-order valence-electron chi connectivity index (χ4n) is 2.67. The van der Waals surface area contributed by atoms with Crippen LogP contribution in [0.1, 0.15) is 24.6 Å². The van der Waals surface area contributed by atoms with E-state index in [2.05, 4.69) is 32.5 Å². The molecule has 0 amide bonds. The summed E-state index contributed by atoms with van der Waals surface area (Å²) in [7, 11) is 0. The lowest BCUT2D eigenvalue weighted by molar-refractivity contribution is 0.219. The first-order valence-corrected chi connectivity index (χ1v) is 8.10. The molecular formula is C17H23N5O. The van der Waals surface area contributed by atoms with Gasteiger partial charge in [0.05, 0.1) is 11.9 Å². The third-order valence-electron chi connectivity index (χ3n) is 3.95. The van der Waals surface area contributed by atoms with E-state index in [9.17, 15) is 0 Å². The summed E-state index contributed by atoms with van der Waals surface area (Å²) in [5.74, 6) is 0.875. The minimum Gasteiger partial charge on any atom is -0.487 e. The van der Waals surface area contributed by atoms with Gasteiger partial charge in [-0.15, -0.1) is 0 Å². The second-order valence-electron chi connectivity index (χ2n) is 5.90. The van der Waals surface area contributed by atoms with Crippen molar-refractivity contribution in [2.24, 2.45) is 0 Å². The molecule has 2 aromatic heterocycles. The van der Waals surface area contributed by atoms with Crippen LogP contribution < -0.4 is 15.4 Å². The highest BCUT2D eigenvalue weighted by atomic mass is 16.5. The molecule has 122 valence electrons. The van der Waals surface area contributed by atoms with Crippen molar-refractivity contribution in [2.45, 2.75) is 38.5 Å². The fraction of sp³-hybridized carbons (Fsp3) is 0.471. The van der Waals surface area contributed by atoms with Gasteiger partial charge in [-0.2, -0.15) is 0 Å². The molecule has 1 unspecified atom stereocenters. The van der Waals surface area contributed by atoms with Crippen molar-refractivity contribution in [1.82, 2.24) is 25.6 Å². The quantitative estimate of drug-likeness (QED) is 0.803. The monoisotopic (exact) mass is 313 g/mol. The standard InChI is InChI=1S/C17H23N5O/c1-13(8-15-10-20-6-7-21-15)22-9-14-2-4-19-12-17(14)23-16-3-5-18-11-16/h2,4,6-7,10,12-13,16,18,22H,3,5,8-9,11H2,1H3/t13?,16-/m0/s1. The van der Waals surface area contributed by atoms with Crippen LogP contribution in [0.25, 0.3) is 0 Å². The molecule has 2 N–H and O–H groups in total. The van der Waals surface area contributed by atoms with Crippen molar-refractivity contribution in [3.63, 3.8) is 0 Å². The molecule has 0 aromatic carbocycles. The summed E-state index contributed by atoms with van der Waals surface area (Å²) in [5.41, 5.74) is 2.13.